The Morgan fingerprint density at radius 3 is 2.28 bits per heavy atom. The van der Waals surface area contributed by atoms with E-state index in [1.807, 2.05) is 103 Å². The summed E-state index contributed by atoms with van der Waals surface area (Å²) in [7, 11) is 0. The van der Waals surface area contributed by atoms with E-state index in [-0.39, 0.29) is 6.04 Å². The Kier molecular flexibility index (Phi) is 6.87. The maximum Gasteiger partial charge on any atom is 0.179 e. The lowest BCUT2D eigenvalue weighted by Gasteiger charge is -2.40. The van der Waals surface area contributed by atoms with E-state index in [0.717, 1.165) is 56.9 Å². The summed E-state index contributed by atoms with van der Waals surface area (Å²) in [6, 6.07) is 34.3. The molecule has 4 aromatic carbocycles. The van der Waals surface area contributed by atoms with Gasteiger partial charge in [0.2, 0.25) is 0 Å². The summed E-state index contributed by atoms with van der Waals surface area (Å²) in [6.45, 7) is 7.20. The second-order valence-corrected chi connectivity index (χ2v) is 10.3. The third-order valence-electron chi connectivity index (χ3n) is 7.59. The lowest BCUT2D eigenvalue weighted by Crippen LogP contribution is -2.46. The monoisotopic (exact) mass is 568 g/mol. The van der Waals surface area contributed by atoms with Gasteiger partial charge in [-0.2, -0.15) is 5.10 Å². The minimum atomic E-state index is -0.216. The van der Waals surface area contributed by atoms with Crippen molar-refractivity contribution in [1.82, 2.24) is 9.78 Å². The molecule has 0 aliphatic carbocycles. The smallest absolute Gasteiger partial charge is 0.179 e. The fourth-order valence-corrected chi connectivity index (χ4v) is 5.75. The van der Waals surface area contributed by atoms with Gasteiger partial charge in [-0.3, -0.25) is 0 Å². The van der Waals surface area contributed by atoms with Crippen LogP contribution in [-0.2, 0) is 0 Å². The number of para-hydroxylation sites is 5. The lowest BCUT2D eigenvalue weighted by molar-refractivity contribution is 0.340. The van der Waals surface area contributed by atoms with Gasteiger partial charge in [-0.1, -0.05) is 54.6 Å². The first-order valence-corrected chi connectivity index (χ1v) is 14.6. The van der Waals surface area contributed by atoms with E-state index in [4.69, 9.17) is 24.6 Å². The van der Waals surface area contributed by atoms with Gasteiger partial charge in [0, 0.05) is 5.56 Å². The second-order valence-electron chi connectivity index (χ2n) is 10.3. The summed E-state index contributed by atoms with van der Waals surface area (Å²) in [6.07, 6.45) is 0. The normalized spacial score (nSPS) is 15.0. The number of hydrogen-bond donors (Lipinski definition) is 1. The predicted octanol–water partition coefficient (Wildman–Crippen LogP) is 7.77. The van der Waals surface area contributed by atoms with E-state index in [1.165, 1.54) is 0 Å². The Hall–Kier alpha value is -5.37. The van der Waals surface area contributed by atoms with Gasteiger partial charge in [-0.05, 0) is 74.9 Å². The van der Waals surface area contributed by atoms with Crippen LogP contribution in [-0.4, -0.2) is 34.7 Å². The molecule has 0 saturated carbocycles. The first-order valence-electron chi connectivity index (χ1n) is 14.6. The minimum absolute atomic E-state index is 0.216. The molecule has 43 heavy (non-hydrogen) atoms. The molecular formula is C35H32N6O2. The van der Waals surface area contributed by atoms with Crippen molar-refractivity contribution in [1.29, 1.82) is 0 Å². The van der Waals surface area contributed by atoms with Crippen LogP contribution in [0, 0.1) is 6.92 Å². The van der Waals surface area contributed by atoms with Crippen molar-refractivity contribution in [3.63, 3.8) is 0 Å². The highest BCUT2D eigenvalue weighted by Gasteiger charge is 2.41. The summed E-state index contributed by atoms with van der Waals surface area (Å²) in [5, 5.41) is 8.60. The summed E-state index contributed by atoms with van der Waals surface area (Å²) < 4.78 is 13.7. The molecule has 214 valence electrons. The first kappa shape index (κ1) is 26.5. The Morgan fingerprint density at radius 2 is 1.49 bits per heavy atom. The highest BCUT2D eigenvalue weighted by molar-refractivity contribution is 6.51. The zero-order chi connectivity index (χ0) is 29.3. The summed E-state index contributed by atoms with van der Waals surface area (Å²) >= 11 is 0. The molecule has 0 fully saturated rings. The van der Waals surface area contributed by atoms with Crippen molar-refractivity contribution in [2.24, 2.45) is 9.98 Å². The molecule has 5 aromatic rings. The molecule has 0 spiro atoms. The van der Waals surface area contributed by atoms with Crippen LogP contribution in [0.1, 0.15) is 36.7 Å². The Bertz CT molecular complexity index is 1840. The van der Waals surface area contributed by atoms with Crippen LogP contribution >= 0.6 is 0 Å². The molecule has 8 nitrogen and oxygen atoms in total. The van der Waals surface area contributed by atoms with Gasteiger partial charge in [-0.15, -0.1) is 0 Å². The molecule has 1 unspecified atom stereocenters. The zero-order valence-corrected chi connectivity index (χ0v) is 24.4. The number of hydrogen-bond acceptors (Lipinski definition) is 7. The number of rotatable bonds is 7. The van der Waals surface area contributed by atoms with Crippen LogP contribution in [0.3, 0.4) is 0 Å². The number of anilines is 2. The van der Waals surface area contributed by atoms with Crippen LogP contribution in [0.4, 0.5) is 22.9 Å². The lowest BCUT2D eigenvalue weighted by atomic mass is 9.93. The molecule has 0 bridgehead atoms. The number of aryl methyl sites for hydroxylation is 1. The highest BCUT2D eigenvalue weighted by Crippen LogP contribution is 2.48. The van der Waals surface area contributed by atoms with Crippen molar-refractivity contribution in [3.8, 4) is 17.2 Å². The number of aliphatic imine (C=N–C) groups is 2. The standard InChI is InChI=1S/C35H32N6O2/c1-4-42-26-21-19-24(20-22-26)32-31-23(3)39-41(25-13-7-6-8-14-25)34(31)38-35-33(36-27-15-9-11-17-29(27)40(32)35)37-28-16-10-12-18-30(28)43-5-2/h6-22,32H,4-5H2,1-3H3,(H,36,37). The van der Waals surface area contributed by atoms with Crippen LogP contribution < -0.4 is 19.7 Å². The van der Waals surface area contributed by atoms with Gasteiger partial charge < -0.3 is 19.7 Å². The number of nitrogens with zero attached hydrogens (tertiary/aromatic N) is 5. The molecule has 0 saturated heterocycles. The Balaban J connectivity index is 1.46. The fourth-order valence-electron chi connectivity index (χ4n) is 5.75. The van der Waals surface area contributed by atoms with E-state index in [2.05, 4.69) is 35.3 Å². The van der Waals surface area contributed by atoms with Crippen LogP contribution in [0.5, 0.6) is 11.5 Å². The molecule has 8 heteroatoms. The van der Waals surface area contributed by atoms with Crippen molar-refractivity contribution < 1.29 is 9.47 Å². The molecule has 7 rings (SSSR count). The summed E-state index contributed by atoms with van der Waals surface area (Å²) in [5.74, 6) is 3.70. The molecule has 1 N–H and O–H groups in total. The summed E-state index contributed by atoms with van der Waals surface area (Å²) in [5.41, 5.74) is 6.64. The molecule has 3 heterocycles. The van der Waals surface area contributed by atoms with Gasteiger partial charge in [0.15, 0.2) is 17.5 Å². The zero-order valence-electron chi connectivity index (χ0n) is 24.4. The van der Waals surface area contributed by atoms with E-state index >= 15 is 0 Å². The number of nitrogens with one attached hydrogen (secondary N) is 1. The van der Waals surface area contributed by atoms with Gasteiger partial charge >= 0.3 is 0 Å². The third kappa shape index (κ3) is 4.70. The molecular weight excluding hydrogens is 536 g/mol. The number of ether oxygens (including phenoxy) is 2. The van der Waals surface area contributed by atoms with Crippen molar-refractivity contribution in [3.05, 3.63) is 120 Å². The van der Waals surface area contributed by atoms with Crippen LogP contribution in [0.2, 0.25) is 0 Å². The number of benzene rings is 4. The minimum Gasteiger partial charge on any atom is -0.494 e. The Labute approximate surface area is 251 Å². The average molecular weight is 569 g/mol. The SMILES string of the molecule is CCOc1ccc(C2c3c(C)nn(-c4ccccc4)c3N=C3C(Nc4ccccc4OCC)=Nc4ccccc4N32)cc1. The number of fused-ring (bicyclic) bond motifs is 4. The van der Waals surface area contributed by atoms with Crippen molar-refractivity contribution in [2.75, 3.05) is 23.4 Å². The van der Waals surface area contributed by atoms with Crippen LogP contribution in [0.15, 0.2) is 113 Å². The van der Waals surface area contributed by atoms with Crippen molar-refractivity contribution in [2.45, 2.75) is 26.8 Å². The second kappa shape index (κ2) is 11.1. The fraction of sp³-hybridized carbons (Fsp3) is 0.171. The van der Waals surface area contributed by atoms with Gasteiger partial charge in [0.1, 0.15) is 11.5 Å². The van der Waals surface area contributed by atoms with Gasteiger partial charge in [0.05, 0.1) is 47.7 Å². The van der Waals surface area contributed by atoms with Gasteiger partial charge in [0.25, 0.3) is 0 Å². The summed E-state index contributed by atoms with van der Waals surface area (Å²) in [4.78, 5) is 12.7. The maximum atomic E-state index is 5.95. The van der Waals surface area contributed by atoms with Crippen LogP contribution in [0.25, 0.3) is 5.69 Å². The average Bonchev–Trinajstić information content (AvgIpc) is 3.38. The molecule has 0 radical (unpaired) electrons. The molecule has 2 aliphatic rings. The van der Waals surface area contributed by atoms with E-state index in [9.17, 15) is 0 Å². The molecule has 1 atom stereocenters. The number of amidine groups is 2. The highest BCUT2D eigenvalue weighted by atomic mass is 16.5. The maximum absolute atomic E-state index is 5.95. The molecule has 2 aliphatic heterocycles. The first-order chi connectivity index (χ1) is 21.2. The predicted molar refractivity (Wildman–Crippen MR) is 172 cm³/mol. The van der Waals surface area contributed by atoms with Crippen molar-refractivity contribution >= 4 is 34.6 Å². The third-order valence-corrected chi connectivity index (χ3v) is 7.59. The number of aromatic nitrogens is 2. The van der Waals surface area contributed by atoms with E-state index in [1.54, 1.807) is 0 Å². The van der Waals surface area contributed by atoms with Gasteiger partial charge in [-0.25, -0.2) is 14.7 Å². The van der Waals surface area contributed by atoms with E-state index in [0.29, 0.717) is 24.9 Å². The quantitative estimate of drug-likeness (QED) is 0.217. The Morgan fingerprint density at radius 1 is 0.767 bits per heavy atom. The molecule has 1 aromatic heterocycles. The molecule has 0 amide bonds. The van der Waals surface area contributed by atoms with E-state index < -0.39 is 0 Å². The topological polar surface area (TPSA) is 76.3 Å². The largest absolute Gasteiger partial charge is 0.494 e.